The highest BCUT2D eigenvalue weighted by molar-refractivity contribution is 6.24. The highest BCUT2D eigenvalue weighted by atomic mass is 16.3. The Labute approximate surface area is 243 Å². The van der Waals surface area contributed by atoms with E-state index in [2.05, 4.69) is 27.7 Å². The van der Waals surface area contributed by atoms with Crippen molar-refractivity contribution in [2.45, 2.75) is 106 Å². The Morgan fingerprint density at radius 2 is 1.68 bits per heavy atom. The molecule has 7 nitrogen and oxygen atoms in total. The lowest BCUT2D eigenvalue weighted by molar-refractivity contribution is -0.178. The smallest absolute Gasteiger partial charge is 0.203 e. The van der Waals surface area contributed by atoms with Gasteiger partial charge < -0.3 is 20.4 Å². The van der Waals surface area contributed by atoms with Crippen LogP contribution in [-0.4, -0.2) is 43.4 Å². The number of benzene rings is 1. The molecule has 5 atom stereocenters. The summed E-state index contributed by atoms with van der Waals surface area (Å²) >= 11 is 0. The number of phenolic OH excluding ortho intramolecular Hbond substituents is 1. The van der Waals surface area contributed by atoms with E-state index >= 15 is 0 Å². The molecule has 7 heteroatoms. The second-order valence-corrected chi connectivity index (χ2v) is 14.0. The summed E-state index contributed by atoms with van der Waals surface area (Å²) in [5, 5.41) is 46.9. The highest BCUT2D eigenvalue weighted by Gasteiger charge is 2.72. The number of allylic oxidation sites excluding steroid dienone is 1. The molecule has 1 saturated carbocycles. The van der Waals surface area contributed by atoms with Crippen molar-refractivity contribution in [1.82, 2.24) is 0 Å². The third-order valence-corrected chi connectivity index (χ3v) is 10.3. The van der Waals surface area contributed by atoms with Crippen molar-refractivity contribution in [3.8, 4) is 5.75 Å². The summed E-state index contributed by atoms with van der Waals surface area (Å²) in [6.07, 6.45) is 2.85. The van der Waals surface area contributed by atoms with Crippen LogP contribution >= 0.6 is 0 Å². The van der Waals surface area contributed by atoms with Gasteiger partial charge in [-0.3, -0.25) is 14.4 Å². The van der Waals surface area contributed by atoms with Gasteiger partial charge in [0.05, 0.1) is 5.56 Å². The summed E-state index contributed by atoms with van der Waals surface area (Å²) in [5.41, 5.74) is -3.08. The monoisotopic (exact) mass is 566 g/mol. The standard InChI is InChI=1S/C34H46O7/c1-10-18(6)11-12-20-13-21(16(2)3)22-14-32(8)15-33(9)25(17(4)5)28(37)23(19(7)35)30(39)34(33,41)31(40)26(32)29(38)24(22)27(20)36/h13,16-18,25,36,38-39,41H,10-12,14-15H2,1-9H3/t18?,25?,32-,33-,34+/m1/s1. The average molecular weight is 567 g/mol. The van der Waals surface area contributed by atoms with E-state index in [0.717, 1.165) is 30.9 Å². The van der Waals surface area contributed by atoms with Gasteiger partial charge in [-0.15, -0.1) is 0 Å². The number of rotatable bonds is 7. The number of fused-ring (bicyclic) bond motifs is 3. The van der Waals surface area contributed by atoms with E-state index in [1.807, 2.05) is 13.0 Å². The summed E-state index contributed by atoms with van der Waals surface area (Å²) in [6.45, 7) is 16.6. The zero-order valence-corrected chi connectivity index (χ0v) is 25.9. The van der Waals surface area contributed by atoms with Crippen LogP contribution in [0.25, 0.3) is 5.76 Å². The minimum absolute atomic E-state index is 0.0706. The van der Waals surface area contributed by atoms with Gasteiger partial charge in [-0.2, -0.15) is 0 Å². The molecule has 4 N–H and O–H groups in total. The molecule has 0 spiro atoms. The molecule has 0 heterocycles. The van der Waals surface area contributed by atoms with Gasteiger partial charge in [-0.25, -0.2) is 0 Å². The normalized spacial score (nSPS) is 30.5. The van der Waals surface area contributed by atoms with Crippen LogP contribution in [0.3, 0.4) is 0 Å². The van der Waals surface area contributed by atoms with E-state index in [4.69, 9.17) is 0 Å². The minimum Gasteiger partial charge on any atom is -0.508 e. The number of aromatic hydroxyl groups is 1. The first-order chi connectivity index (χ1) is 18.9. The fourth-order valence-electron chi connectivity index (χ4n) is 8.18. The second kappa shape index (κ2) is 10.1. The van der Waals surface area contributed by atoms with Crippen LogP contribution in [0.1, 0.15) is 110 Å². The van der Waals surface area contributed by atoms with Crippen LogP contribution in [0.4, 0.5) is 0 Å². The molecule has 0 amide bonds. The first kappa shape index (κ1) is 31.0. The van der Waals surface area contributed by atoms with E-state index in [1.165, 1.54) is 0 Å². The highest BCUT2D eigenvalue weighted by Crippen LogP contribution is 2.65. The summed E-state index contributed by atoms with van der Waals surface area (Å²) < 4.78 is 0. The summed E-state index contributed by atoms with van der Waals surface area (Å²) in [6, 6.07) is 2.01. The van der Waals surface area contributed by atoms with E-state index in [-0.39, 0.29) is 35.1 Å². The maximum atomic E-state index is 14.5. The third kappa shape index (κ3) is 4.21. The van der Waals surface area contributed by atoms with Crippen LogP contribution in [0.5, 0.6) is 5.75 Å². The maximum absolute atomic E-state index is 14.5. The lowest BCUT2D eigenvalue weighted by Crippen LogP contribution is -2.69. The summed E-state index contributed by atoms with van der Waals surface area (Å²) in [7, 11) is 0. The second-order valence-electron chi connectivity index (χ2n) is 14.0. The third-order valence-electron chi connectivity index (χ3n) is 10.3. The Kier molecular flexibility index (Phi) is 7.65. The molecular weight excluding hydrogens is 520 g/mol. The number of hydrogen-bond acceptors (Lipinski definition) is 7. The molecule has 3 aliphatic carbocycles. The van der Waals surface area contributed by atoms with E-state index in [0.29, 0.717) is 24.3 Å². The fraction of sp³-hybridized carbons (Fsp3) is 0.618. The molecule has 0 aliphatic heterocycles. The van der Waals surface area contributed by atoms with Gasteiger partial charge in [0.25, 0.3) is 0 Å². The number of aliphatic hydroxyl groups is 3. The quantitative estimate of drug-likeness (QED) is 0.285. The van der Waals surface area contributed by atoms with Crippen LogP contribution in [0.15, 0.2) is 23.0 Å². The minimum atomic E-state index is -2.60. The number of aliphatic hydroxyl groups excluding tert-OH is 2. The van der Waals surface area contributed by atoms with Crippen molar-refractivity contribution in [1.29, 1.82) is 0 Å². The Balaban J connectivity index is 2.04. The van der Waals surface area contributed by atoms with Crippen molar-refractivity contribution in [3.05, 3.63) is 45.2 Å². The van der Waals surface area contributed by atoms with Gasteiger partial charge in [-0.1, -0.05) is 67.9 Å². The van der Waals surface area contributed by atoms with Crippen molar-refractivity contribution >= 4 is 23.1 Å². The molecule has 0 bridgehead atoms. The van der Waals surface area contributed by atoms with Crippen molar-refractivity contribution in [3.63, 3.8) is 0 Å². The Morgan fingerprint density at radius 1 is 1.07 bits per heavy atom. The number of aryl methyl sites for hydroxylation is 1. The summed E-state index contributed by atoms with van der Waals surface area (Å²) in [5.74, 6) is -4.41. The first-order valence-electron chi connectivity index (χ1n) is 15.0. The molecule has 41 heavy (non-hydrogen) atoms. The molecule has 1 fully saturated rings. The fourth-order valence-corrected chi connectivity index (χ4v) is 8.18. The zero-order chi connectivity index (χ0) is 31.0. The molecule has 2 unspecified atom stereocenters. The molecule has 224 valence electrons. The first-order valence-corrected chi connectivity index (χ1v) is 15.0. The van der Waals surface area contributed by atoms with Gasteiger partial charge in [0.2, 0.25) is 5.78 Å². The lowest BCUT2D eigenvalue weighted by atomic mass is 9.43. The van der Waals surface area contributed by atoms with E-state index in [9.17, 15) is 34.8 Å². The predicted octanol–water partition coefficient (Wildman–Crippen LogP) is 6.29. The number of Topliss-reactive ketones (excluding diaryl/α,β-unsaturated/α-hetero) is 3. The Bertz CT molecular complexity index is 1400. The van der Waals surface area contributed by atoms with Gasteiger partial charge in [0.1, 0.15) is 22.8 Å². The number of hydrogen-bond donors (Lipinski definition) is 4. The molecule has 1 aromatic rings. The van der Waals surface area contributed by atoms with E-state index < -0.39 is 56.8 Å². The van der Waals surface area contributed by atoms with Crippen molar-refractivity contribution in [2.24, 2.45) is 28.6 Å². The molecule has 0 aromatic heterocycles. The number of phenols is 1. The topological polar surface area (TPSA) is 132 Å². The van der Waals surface area contributed by atoms with Crippen LogP contribution < -0.4 is 0 Å². The predicted molar refractivity (Wildman–Crippen MR) is 158 cm³/mol. The Hall–Kier alpha value is -2.93. The van der Waals surface area contributed by atoms with Crippen molar-refractivity contribution in [2.75, 3.05) is 0 Å². The lowest BCUT2D eigenvalue weighted by Gasteiger charge is -2.60. The number of ketones is 3. The molecular formula is C34H46O7. The van der Waals surface area contributed by atoms with Crippen LogP contribution in [0.2, 0.25) is 0 Å². The average Bonchev–Trinajstić information content (AvgIpc) is 2.84. The zero-order valence-electron chi connectivity index (χ0n) is 25.9. The largest absolute Gasteiger partial charge is 0.508 e. The number of carbonyl (C=O) groups is 3. The van der Waals surface area contributed by atoms with Gasteiger partial charge in [0, 0.05) is 22.3 Å². The maximum Gasteiger partial charge on any atom is 0.203 e. The molecule has 3 aliphatic rings. The molecule has 4 rings (SSSR count). The van der Waals surface area contributed by atoms with Crippen molar-refractivity contribution < 1.29 is 34.8 Å². The van der Waals surface area contributed by atoms with E-state index in [1.54, 1.807) is 20.8 Å². The van der Waals surface area contributed by atoms with Crippen LogP contribution in [-0.2, 0) is 27.2 Å². The molecule has 1 aromatic carbocycles. The van der Waals surface area contributed by atoms with Gasteiger partial charge in [-0.05, 0) is 67.1 Å². The SMILES string of the molecule is CCC(C)CCc1cc(C(C)C)c2c(c1O)C(O)=C1C(=O)[C@@]3(O)C(O)=C(C(C)=O)C(=O)C(C(C)C)[C@@]3(C)C[C@@]1(C)C2. The summed E-state index contributed by atoms with van der Waals surface area (Å²) in [4.78, 5) is 40.7. The molecule has 0 radical (unpaired) electrons. The van der Waals surface area contributed by atoms with Crippen LogP contribution in [0, 0.1) is 28.6 Å². The van der Waals surface area contributed by atoms with Gasteiger partial charge in [0.15, 0.2) is 17.2 Å². The van der Waals surface area contributed by atoms with Gasteiger partial charge >= 0.3 is 0 Å². The molecule has 0 saturated heterocycles. The Morgan fingerprint density at radius 3 is 2.20 bits per heavy atom. The number of carbonyl (C=O) groups excluding carboxylic acids is 3.